The number of carbonyl (C=O) groups is 2. The quantitative estimate of drug-likeness (QED) is 0.743. The Morgan fingerprint density at radius 3 is 2.88 bits per heavy atom. The molecule has 4 heteroatoms. The van der Waals surface area contributed by atoms with Crippen molar-refractivity contribution in [3.05, 3.63) is 11.6 Å². The highest BCUT2D eigenvalue weighted by Gasteiger charge is 2.19. The van der Waals surface area contributed by atoms with Gasteiger partial charge in [0.15, 0.2) is 0 Å². The van der Waals surface area contributed by atoms with Crippen molar-refractivity contribution in [1.82, 2.24) is 4.90 Å². The Morgan fingerprint density at radius 1 is 1.56 bits per heavy atom. The van der Waals surface area contributed by atoms with Gasteiger partial charge in [0.1, 0.15) is 0 Å². The van der Waals surface area contributed by atoms with Gasteiger partial charge < -0.3 is 10.0 Å². The summed E-state index contributed by atoms with van der Waals surface area (Å²) in [7, 11) is 0. The molecule has 1 heterocycles. The normalized spacial score (nSPS) is 23.1. The number of aliphatic carboxylic acids is 1. The first-order valence-electron chi connectivity index (χ1n) is 5.68. The number of carbonyl (C=O) groups excluding carboxylic acids is 1. The summed E-state index contributed by atoms with van der Waals surface area (Å²) in [5, 5.41) is 8.70. The van der Waals surface area contributed by atoms with Gasteiger partial charge in [0, 0.05) is 25.1 Å². The largest absolute Gasteiger partial charge is 0.478 e. The highest BCUT2D eigenvalue weighted by Crippen LogP contribution is 2.17. The van der Waals surface area contributed by atoms with E-state index in [2.05, 4.69) is 6.92 Å². The molecule has 1 aliphatic heterocycles. The van der Waals surface area contributed by atoms with Gasteiger partial charge in [0.2, 0.25) is 5.91 Å². The summed E-state index contributed by atoms with van der Waals surface area (Å²) in [6, 6.07) is 0. The van der Waals surface area contributed by atoms with Crippen LogP contribution in [-0.2, 0) is 9.59 Å². The number of amides is 1. The highest BCUT2D eigenvalue weighted by atomic mass is 16.4. The van der Waals surface area contributed by atoms with Crippen LogP contribution in [0.15, 0.2) is 11.6 Å². The van der Waals surface area contributed by atoms with Crippen LogP contribution in [0.2, 0.25) is 0 Å². The van der Waals surface area contributed by atoms with Gasteiger partial charge in [-0.2, -0.15) is 0 Å². The third kappa shape index (κ3) is 3.68. The van der Waals surface area contributed by atoms with Crippen LogP contribution in [0.3, 0.4) is 0 Å². The van der Waals surface area contributed by atoms with Crippen molar-refractivity contribution in [3.63, 3.8) is 0 Å². The molecule has 4 nitrogen and oxygen atoms in total. The summed E-state index contributed by atoms with van der Waals surface area (Å²) in [5.41, 5.74) is 0.296. The first-order chi connectivity index (χ1) is 7.50. The van der Waals surface area contributed by atoms with Crippen LogP contribution in [0, 0.1) is 5.92 Å². The lowest BCUT2D eigenvalue weighted by Crippen LogP contribution is -2.30. The smallest absolute Gasteiger partial charge is 0.331 e. The molecule has 1 saturated heterocycles. The van der Waals surface area contributed by atoms with Crippen LogP contribution < -0.4 is 0 Å². The van der Waals surface area contributed by atoms with Gasteiger partial charge in [-0.25, -0.2) is 4.79 Å². The summed E-state index contributed by atoms with van der Waals surface area (Å²) < 4.78 is 0. The van der Waals surface area contributed by atoms with Gasteiger partial charge in [-0.3, -0.25) is 4.79 Å². The molecule has 1 unspecified atom stereocenters. The van der Waals surface area contributed by atoms with Gasteiger partial charge in [0.05, 0.1) is 0 Å². The second kappa shape index (κ2) is 5.68. The molecule has 0 aliphatic carbocycles. The molecule has 16 heavy (non-hydrogen) atoms. The minimum absolute atomic E-state index is 0.138. The molecule has 0 radical (unpaired) electrons. The van der Waals surface area contributed by atoms with Crippen LogP contribution in [0.1, 0.15) is 33.1 Å². The van der Waals surface area contributed by atoms with E-state index in [1.165, 1.54) is 0 Å². The molecule has 0 aromatic carbocycles. The summed E-state index contributed by atoms with van der Waals surface area (Å²) in [5.74, 6) is -0.201. The summed E-state index contributed by atoms with van der Waals surface area (Å²) in [6.07, 6.45) is 4.14. The Hall–Kier alpha value is -1.32. The molecule has 1 aliphatic rings. The maximum absolute atomic E-state index is 11.7. The lowest BCUT2D eigenvalue weighted by Gasteiger charge is -2.18. The number of carboxylic acids is 1. The SMILES string of the molecule is CC(=CCN1CCC(C)CCC1=O)C(=O)O. The van der Waals surface area contributed by atoms with Crippen molar-refractivity contribution in [2.24, 2.45) is 5.92 Å². The molecule has 0 aromatic heterocycles. The van der Waals surface area contributed by atoms with Crippen molar-refractivity contribution in [1.29, 1.82) is 0 Å². The van der Waals surface area contributed by atoms with E-state index in [1.807, 2.05) is 0 Å². The first kappa shape index (κ1) is 12.7. The zero-order valence-corrected chi connectivity index (χ0v) is 9.90. The minimum Gasteiger partial charge on any atom is -0.478 e. The number of hydrogen-bond acceptors (Lipinski definition) is 2. The maximum Gasteiger partial charge on any atom is 0.331 e. The molecule has 0 bridgehead atoms. The lowest BCUT2D eigenvalue weighted by molar-refractivity contribution is -0.133. The van der Waals surface area contributed by atoms with Crippen molar-refractivity contribution in [2.75, 3.05) is 13.1 Å². The number of rotatable bonds is 3. The Kier molecular flexibility index (Phi) is 4.52. The fraction of sp³-hybridized carbons (Fsp3) is 0.667. The van der Waals surface area contributed by atoms with Crippen LogP contribution in [0.5, 0.6) is 0 Å². The fourth-order valence-electron chi connectivity index (χ4n) is 1.70. The standard InChI is InChI=1S/C12H19NO3/c1-9-3-4-11(14)13(7-5-9)8-6-10(2)12(15)16/h6,9H,3-5,7-8H2,1-2H3,(H,15,16). The third-order valence-electron chi connectivity index (χ3n) is 3.05. The summed E-state index contributed by atoms with van der Waals surface area (Å²) in [4.78, 5) is 24.0. The van der Waals surface area contributed by atoms with Gasteiger partial charge in [-0.1, -0.05) is 13.0 Å². The number of nitrogens with zero attached hydrogens (tertiary/aromatic N) is 1. The summed E-state index contributed by atoms with van der Waals surface area (Å²) in [6.45, 7) is 4.86. The number of likely N-dealkylation sites (tertiary alicyclic amines) is 1. The van der Waals surface area contributed by atoms with Crippen LogP contribution >= 0.6 is 0 Å². The van der Waals surface area contributed by atoms with E-state index in [-0.39, 0.29) is 5.91 Å². The average molecular weight is 225 g/mol. The van der Waals surface area contributed by atoms with E-state index < -0.39 is 5.97 Å². The van der Waals surface area contributed by atoms with Crippen LogP contribution in [-0.4, -0.2) is 35.0 Å². The van der Waals surface area contributed by atoms with E-state index >= 15 is 0 Å². The average Bonchev–Trinajstić information content (AvgIpc) is 2.39. The van der Waals surface area contributed by atoms with E-state index in [0.29, 0.717) is 24.5 Å². The molecule has 1 amide bonds. The molecule has 0 aromatic rings. The lowest BCUT2D eigenvalue weighted by atomic mass is 10.0. The van der Waals surface area contributed by atoms with Crippen molar-refractivity contribution >= 4 is 11.9 Å². The Labute approximate surface area is 95.9 Å². The third-order valence-corrected chi connectivity index (χ3v) is 3.05. The monoisotopic (exact) mass is 225 g/mol. The van der Waals surface area contributed by atoms with Gasteiger partial charge in [-0.15, -0.1) is 0 Å². The highest BCUT2D eigenvalue weighted by molar-refractivity contribution is 5.86. The second-order valence-electron chi connectivity index (χ2n) is 4.46. The number of carboxylic acid groups (broad SMARTS) is 1. The zero-order valence-electron chi connectivity index (χ0n) is 9.90. The molecule has 1 N–H and O–H groups in total. The molecule has 1 fully saturated rings. The van der Waals surface area contributed by atoms with Crippen molar-refractivity contribution in [3.8, 4) is 0 Å². The molecule has 1 atom stereocenters. The van der Waals surface area contributed by atoms with E-state index in [9.17, 15) is 9.59 Å². The maximum atomic E-state index is 11.7. The Morgan fingerprint density at radius 2 is 2.25 bits per heavy atom. The van der Waals surface area contributed by atoms with Crippen molar-refractivity contribution < 1.29 is 14.7 Å². The van der Waals surface area contributed by atoms with Gasteiger partial charge in [-0.05, 0) is 25.7 Å². The fourth-order valence-corrected chi connectivity index (χ4v) is 1.70. The Balaban J connectivity index is 2.55. The molecular formula is C12H19NO3. The van der Waals surface area contributed by atoms with E-state index in [4.69, 9.17) is 5.11 Å². The van der Waals surface area contributed by atoms with Crippen molar-refractivity contribution in [2.45, 2.75) is 33.1 Å². The predicted octanol–water partition coefficient (Wildman–Crippen LogP) is 1.67. The van der Waals surface area contributed by atoms with E-state index in [0.717, 1.165) is 19.4 Å². The molecule has 0 saturated carbocycles. The van der Waals surface area contributed by atoms with E-state index in [1.54, 1.807) is 17.9 Å². The van der Waals surface area contributed by atoms with Crippen LogP contribution in [0.4, 0.5) is 0 Å². The van der Waals surface area contributed by atoms with Gasteiger partial charge in [0.25, 0.3) is 0 Å². The molecule has 1 rings (SSSR count). The van der Waals surface area contributed by atoms with Crippen LogP contribution in [0.25, 0.3) is 0 Å². The van der Waals surface area contributed by atoms with Gasteiger partial charge >= 0.3 is 5.97 Å². The topological polar surface area (TPSA) is 57.6 Å². The summed E-state index contributed by atoms with van der Waals surface area (Å²) >= 11 is 0. The molecule has 0 spiro atoms. The predicted molar refractivity (Wildman–Crippen MR) is 61.0 cm³/mol. The molecular weight excluding hydrogens is 206 g/mol. The molecule has 90 valence electrons. The second-order valence-corrected chi connectivity index (χ2v) is 4.46. The zero-order chi connectivity index (χ0) is 12.1. The Bertz CT molecular complexity index is 309. The number of hydrogen-bond donors (Lipinski definition) is 1. The first-order valence-corrected chi connectivity index (χ1v) is 5.68. The minimum atomic E-state index is -0.921.